The Morgan fingerprint density at radius 1 is 1.13 bits per heavy atom. The van der Waals surface area contributed by atoms with E-state index in [0.717, 1.165) is 17.8 Å². The Kier molecular flexibility index (Phi) is 17.5. The molecule has 0 bridgehead atoms. The van der Waals surface area contributed by atoms with E-state index in [1.807, 2.05) is 71.0 Å². The highest BCUT2D eigenvalue weighted by molar-refractivity contribution is 5.70. The molecule has 11 unspecified atom stereocenters. The Morgan fingerprint density at radius 2 is 1.83 bits per heavy atom. The number of aromatic nitrogens is 1. The summed E-state index contributed by atoms with van der Waals surface area (Å²) in [4.78, 5) is 34.5. The number of allylic oxidation sites excluding steroid dienone is 2. The fourth-order valence-corrected chi connectivity index (χ4v) is 6.91. The predicted molar refractivity (Wildman–Crippen MR) is 205 cm³/mol. The van der Waals surface area contributed by atoms with E-state index in [1.165, 1.54) is 0 Å². The molecule has 1 aromatic heterocycles. The van der Waals surface area contributed by atoms with Crippen LogP contribution in [0.2, 0.25) is 0 Å². The minimum atomic E-state index is -1.51. The third kappa shape index (κ3) is 13.2. The Morgan fingerprint density at radius 3 is 2.45 bits per heavy atom. The molecule has 0 spiro atoms. The number of rotatable bonds is 13. The number of aliphatic hydroxyl groups is 3. The van der Waals surface area contributed by atoms with Gasteiger partial charge in [0.05, 0.1) is 36.9 Å². The first-order chi connectivity index (χ1) is 25.1. The lowest BCUT2D eigenvalue weighted by molar-refractivity contribution is -0.151. The van der Waals surface area contributed by atoms with Crippen molar-refractivity contribution in [1.29, 1.82) is 0 Å². The minimum Gasteiger partial charge on any atom is -0.457 e. The average molecular weight is 744 g/mol. The predicted octanol–water partition coefficient (Wildman–Crippen LogP) is 5.46. The molecule has 11 atom stereocenters. The van der Waals surface area contributed by atoms with E-state index >= 15 is 0 Å². The zero-order valence-corrected chi connectivity index (χ0v) is 33.3. The molecule has 3 heterocycles. The van der Waals surface area contributed by atoms with E-state index in [4.69, 9.17) is 18.9 Å². The number of cyclic esters (lactones) is 1. The SMILES string of the molecule is CCC(OC)C(C)C(C)OC(C)C(O)C(C)/C=C/C=C(\C)C1OC(=O)CC(O)CCC(C)(O)C(OC(=O)N2CCN(c3ccccn3)CC2)/C=C/C1C. The first kappa shape index (κ1) is 44.1. The van der Waals surface area contributed by atoms with Crippen molar-refractivity contribution in [3.8, 4) is 0 Å². The molecule has 53 heavy (non-hydrogen) atoms. The standard InChI is InChI=1S/C41H65N3O9/c1-10-34(50-9)30(5)31(6)51-32(7)38(47)27(2)14-13-15-28(3)39-29(4)17-18-35(41(8,49)20-19-33(45)26-37(46)53-39)52-40(48)44-24-22-43(23-25-44)36-16-11-12-21-42-36/h11-18,21,27,29-35,38-39,45,47,49H,10,19-20,22-26H2,1-9H3/b14-13+,18-17+,28-15+. The van der Waals surface area contributed by atoms with Crippen molar-refractivity contribution in [2.24, 2.45) is 17.8 Å². The van der Waals surface area contributed by atoms with Gasteiger partial charge in [0.1, 0.15) is 17.5 Å². The number of amides is 1. The fraction of sp³-hybridized carbons (Fsp3) is 0.683. The van der Waals surface area contributed by atoms with Crippen LogP contribution >= 0.6 is 0 Å². The van der Waals surface area contributed by atoms with Gasteiger partial charge in [-0.2, -0.15) is 0 Å². The number of anilines is 1. The maximum Gasteiger partial charge on any atom is 0.410 e. The lowest BCUT2D eigenvalue weighted by Crippen LogP contribution is -2.51. The van der Waals surface area contributed by atoms with Gasteiger partial charge in [-0.25, -0.2) is 9.78 Å². The number of pyridine rings is 1. The summed E-state index contributed by atoms with van der Waals surface area (Å²) in [5.74, 6) is -0.150. The average Bonchev–Trinajstić information content (AvgIpc) is 3.14. The zero-order chi connectivity index (χ0) is 39.3. The van der Waals surface area contributed by atoms with Gasteiger partial charge in [0.2, 0.25) is 0 Å². The van der Waals surface area contributed by atoms with Crippen LogP contribution in [0.5, 0.6) is 0 Å². The topological polar surface area (TPSA) is 151 Å². The Labute approximate surface area is 316 Å². The van der Waals surface area contributed by atoms with E-state index < -0.39 is 48.2 Å². The van der Waals surface area contributed by atoms with Crippen molar-refractivity contribution < 1.29 is 43.9 Å². The third-order valence-corrected chi connectivity index (χ3v) is 10.8. The van der Waals surface area contributed by atoms with Crippen LogP contribution < -0.4 is 4.90 Å². The molecule has 3 rings (SSSR count). The van der Waals surface area contributed by atoms with E-state index in [9.17, 15) is 24.9 Å². The van der Waals surface area contributed by atoms with E-state index in [-0.39, 0.29) is 49.2 Å². The maximum atomic E-state index is 13.4. The monoisotopic (exact) mass is 743 g/mol. The molecule has 12 nitrogen and oxygen atoms in total. The summed E-state index contributed by atoms with van der Waals surface area (Å²) >= 11 is 0. The molecule has 0 aromatic carbocycles. The van der Waals surface area contributed by atoms with E-state index in [1.54, 1.807) is 37.3 Å². The number of methoxy groups -OCH3 is 1. The number of carbonyl (C=O) groups excluding carboxylic acids is 2. The van der Waals surface area contributed by atoms with Crippen LogP contribution in [0.25, 0.3) is 0 Å². The molecule has 1 aromatic rings. The van der Waals surface area contributed by atoms with Crippen LogP contribution in [0, 0.1) is 17.8 Å². The molecule has 1 saturated heterocycles. The molecular weight excluding hydrogens is 678 g/mol. The summed E-state index contributed by atoms with van der Waals surface area (Å²) < 4.78 is 23.6. The van der Waals surface area contributed by atoms with Crippen molar-refractivity contribution in [2.75, 3.05) is 38.2 Å². The van der Waals surface area contributed by atoms with Gasteiger partial charge in [-0.1, -0.05) is 58.1 Å². The Bertz CT molecular complexity index is 1360. The van der Waals surface area contributed by atoms with Gasteiger partial charge < -0.3 is 44.1 Å². The number of nitrogens with zero attached hydrogens (tertiary/aromatic N) is 3. The summed E-state index contributed by atoms with van der Waals surface area (Å²) in [6.45, 7) is 17.3. The van der Waals surface area contributed by atoms with Crippen molar-refractivity contribution in [3.05, 3.63) is 60.3 Å². The molecule has 0 radical (unpaired) electrons. The highest BCUT2D eigenvalue weighted by atomic mass is 16.6. The second kappa shape index (κ2) is 21.0. The second-order valence-corrected chi connectivity index (χ2v) is 15.1. The minimum absolute atomic E-state index is 0.0734. The highest BCUT2D eigenvalue weighted by Gasteiger charge is 2.37. The van der Waals surface area contributed by atoms with Crippen molar-refractivity contribution in [2.45, 2.75) is 129 Å². The Balaban J connectivity index is 1.71. The molecule has 12 heteroatoms. The van der Waals surface area contributed by atoms with Crippen LogP contribution in [0.4, 0.5) is 10.6 Å². The number of aliphatic hydroxyl groups excluding tert-OH is 2. The number of hydrogen-bond donors (Lipinski definition) is 3. The van der Waals surface area contributed by atoms with Gasteiger partial charge in [-0.3, -0.25) is 4.79 Å². The van der Waals surface area contributed by atoms with E-state index in [0.29, 0.717) is 26.2 Å². The van der Waals surface area contributed by atoms with Gasteiger partial charge in [0.25, 0.3) is 0 Å². The number of piperazine rings is 1. The van der Waals surface area contributed by atoms with Crippen molar-refractivity contribution in [1.82, 2.24) is 9.88 Å². The van der Waals surface area contributed by atoms with Gasteiger partial charge >= 0.3 is 12.1 Å². The maximum absolute atomic E-state index is 13.4. The molecule has 2 aliphatic rings. The summed E-state index contributed by atoms with van der Waals surface area (Å²) in [6, 6.07) is 5.72. The summed E-state index contributed by atoms with van der Waals surface area (Å²) in [6.07, 6.45) is 7.09. The smallest absolute Gasteiger partial charge is 0.410 e. The summed E-state index contributed by atoms with van der Waals surface area (Å²) in [7, 11) is 1.70. The summed E-state index contributed by atoms with van der Waals surface area (Å²) in [5, 5.41) is 33.3. The van der Waals surface area contributed by atoms with Gasteiger partial charge in [-0.05, 0) is 70.7 Å². The first-order valence-electron chi connectivity index (χ1n) is 19.2. The summed E-state index contributed by atoms with van der Waals surface area (Å²) in [5.41, 5.74) is -0.771. The lowest BCUT2D eigenvalue weighted by Gasteiger charge is -2.37. The lowest BCUT2D eigenvalue weighted by atomic mass is 9.88. The quantitative estimate of drug-likeness (QED) is 0.134. The molecule has 0 aliphatic carbocycles. The van der Waals surface area contributed by atoms with Gasteiger partial charge in [0, 0.05) is 57.2 Å². The van der Waals surface area contributed by atoms with Crippen molar-refractivity contribution >= 4 is 17.9 Å². The molecular formula is C41H65N3O9. The largest absolute Gasteiger partial charge is 0.457 e. The van der Waals surface area contributed by atoms with E-state index in [2.05, 4.69) is 23.7 Å². The molecule has 298 valence electrons. The van der Waals surface area contributed by atoms with Crippen LogP contribution in [-0.2, 0) is 23.7 Å². The number of carbonyl (C=O) groups is 2. The normalized spacial score (nSPS) is 29.2. The van der Waals surface area contributed by atoms with Crippen LogP contribution in [0.3, 0.4) is 0 Å². The third-order valence-electron chi connectivity index (χ3n) is 10.8. The van der Waals surface area contributed by atoms with Gasteiger partial charge in [0.15, 0.2) is 6.10 Å². The molecule has 2 aliphatic heterocycles. The number of hydrogen-bond acceptors (Lipinski definition) is 11. The fourth-order valence-electron chi connectivity index (χ4n) is 6.91. The number of esters is 1. The highest BCUT2D eigenvalue weighted by Crippen LogP contribution is 2.28. The molecule has 1 fully saturated rings. The van der Waals surface area contributed by atoms with Crippen LogP contribution in [-0.4, -0.2) is 119 Å². The van der Waals surface area contributed by atoms with Crippen LogP contribution in [0.15, 0.2) is 60.3 Å². The second-order valence-electron chi connectivity index (χ2n) is 15.1. The Hall–Kier alpha value is -3.29. The molecule has 1 amide bonds. The molecule has 0 saturated carbocycles. The van der Waals surface area contributed by atoms with Crippen LogP contribution in [0.1, 0.15) is 81.1 Å². The number of ether oxygens (including phenoxy) is 4. The first-order valence-corrected chi connectivity index (χ1v) is 19.2. The van der Waals surface area contributed by atoms with Gasteiger partial charge in [-0.15, -0.1) is 0 Å². The zero-order valence-electron chi connectivity index (χ0n) is 33.3. The molecule has 3 N–H and O–H groups in total. The van der Waals surface area contributed by atoms with Crippen molar-refractivity contribution in [3.63, 3.8) is 0 Å².